The van der Waals surface area contributed by atoms with Crippen molar-refractivity contribution in [1.82, 2.24) is 4.98 Å². The van der Waals surface area contributed by atoms with Gasteiger partial charge in [0.2, 0.25) is 0 Å². The van der Waals surface area contributed by atoms with Gasteiger partial charge in [0.1, 0.15) is 0 Å². The SMILES string of the molecule is COC(CSc1ccc2cccc(Br)c2n1)OC. The van der Waals surface area contributed by atoms with Gasteiger partial charge in [0.25, 0.3) is 0 Å². The molecule has 0 saturated heterocycles. The van der Waals surface area contributed by atoms with Crippen molar-refractivity contribution in [1.29, 1.82) is 0 Å². The number of halogens is 1. The lowest BCUT2D eigenvalue weighted by atomic mass is 10.2. The van der Waals surface area contributed by atoms with E-state index in [0.717, 1.165) is 26.2 Å². The zero-order valence-electron chi connectivity index (χ0n) is 10.2. The summed E-state index contributed by atoms with van der Waals surface area (Å²) in [4.78, 5) is 4.62. The lowest BCUT2D eigenvalue weighted by Gasteiger charge is -2.12. The third kappa shape index (κ3) is 3.23. The number of aromatic nitrogens is 1. The van der Waals surface area contributed by atoms with Crippen LogP contribution in [0.5, 0.6) is 0 Å². The van der Waals surface area contributed by atoms with Crippen LogP contribution in [0, 0.1) is 0 Å². The molecule has 0 radical (unpaired) electrons. The number of para-hydroxylation sites is 1. The lowest BCUT2D eigenvalue weighted by molar-refractivity contribution is -0.0842. The van der Waals surface area contributed by atoms with Crippen molar-refractivity contribution in [2.75, 3.05) is 20.0 Å². The third-order valence-corrected chi connectivity index (χ3v) is 4.14. The molecule has 5 heteroatoms. The van der Waals surface area contributed by atoms with Crippen molar-refractivity contribution < 1.29 is 9.47 Å². The molecule has 0 amide bonds. The molecule has 0 saturated carbocycles. The Morgan fingerprint density at radius 1 is 1.22 bits per heavy atom. The van der Waals surface area contributed by atoms with E-state index in [-0.39, 0.29) is 6.29 Å². The summed E-state index contributed by atoms with van der Waals surface area (Å²) in [5.74, 6) is 0.718. The van der Waals surface area contributed by atoms with Gasteiger partial charge < -0.3 is 9.47 Å². The van der Waals surface area contributed by atoms with Crippen molar-refractivity contribution in [3.8, 4) is 0 Å². The van der Waals surface area contributed by atoms with E-state index in [4.69, 9.17) is 9.47 Å². The van der Waals surface area contributed by atoms with Gasteiger partial charge in [-0.05, 0) is 28.1 Å². The fourth-order valence-corrected chi connectivity index (χ4v) is 2.93. The first-order valence-corrected chi connectivity index (χ1v) is 7.26. The van der Waals surface area contributed by atoms with E-state index in [1.54, 1.807) is 26.0 Å². The van der Waals surface area contributed by atoms with Gasteiger partial charge in [-0.2, -0.15) is 0 Å². The predicted octanol–water partition coefficient (Wildman–Crippen LogP) is 3.71. The Labute approximate surface area is 119 Å². The van der Waals surface area contributed by atoms with Gasteiger partial charge in [0.15, 0.2) is 6.29 Å². The van der Waals surface area contributed by atoms with Crippen molar-refractivity contribution in [3.63, 3.8) is 0 Å². The minimum atomic E-state index is -0.202. The highest BCUT2D eigenvalue weighted by Gasteiger charge is 2.07. The Balaban J connectivity index is 2.17. The van der Waals surface area contributed by atoms with Crippen molar-refractivity contribution in [2.24, 2.45) is 0 Å². The fraction of sp³-hybridized carbons (Fsp3) is 0.308. The maximum Gasteiger partial charge on any atom is 0.166 e. The first-order chi connectivity index (χ1) is 8.74. The molecule has 2 rings (SSSR count). The van der Waals surface area contributed by atoms with Crippen molar-refractivity contribution >= 4 is 38.6 Å². The van der Waals surface area contributed by atoms with Crippen LogP contribution in [0.2, 0.25) is 0 Å². The van der Waals surface area contributed by atoms with Crippen LogP contribution in [-0.2, 0) is 9.47 Å². The topological polar surface area (TPSA) is 31.4 Å². The van der Waals surface area contributed by atoms with Crippen LogP contribution in [0.4, 0.5) is 0 Å². The molecule has 1 aromatic carbocycles. The number of methoxy groups -OCH3 is 2. The summed E-state index contributed by atoms with van der Waals surface area (Å²) in [7, 11) is 3.28. The second-order valence-corrected chi connectivity index (χ2v) is 5.57. The number of fused-ring (bicyclic) bond motifs is 1. The van der Waals surface area contributed by atoms with Gasteiger partial charge in [-0.15, -0.1) is 11.8 Å². The molecule has 96 valence electrons. The van der Waals surface area contributed by atoms with Crippen LogP contribution in [0.25, 0.3) is 10.9 Å². The van der Waals surface area contributed by atoms with E-state index in [1.807, 2.05) is 18.2 Å². The smallest absolute Gasteiger partial charge is 0.166 e. The molecular formula is C13H14BrNO2S. The van der Waals surface area contributed by atoms with E-state index in [0.29, 0.717) is 0 Å². The summed E-state index contributed by atoms with van der Waals surface area (Å²) >= 11 is 5.14. The Kier molecular flexibility index (Phi) is 5.00. The molecule has 0 fully saturated rings. The minimum absolute atomic E-state index is 0.202. The molecular weight excluding hydrogens is 314 g/mol. The number of hydrogen-bond acceptors (Lipinski definition) is 4. The second-order valence-electron chi connectivity index (χ2n) is 3.67. The van der Waals surface area contributed by atoms with Crippen LogP contribution in [0.15, 0.2) is 39.8 Å². The molecule has 0 aliphatic rings. The van der Waals surface area contributed by atoms with Gasteiger partial charge in [0, 0.05) is 24.1 Å². The van der Waals surface area contributed by atoms with Crippen LogP contribution < -0.4 is 0 Å². The maximum atomic E-state index is 5.15. The molecule has 3 nitrogen and oxygen atoms in total. The molecule has 0 spiro atoms. The number of nitrogens with zero attached hydrogens (tertiary/aromatic N) is 1. The summed E-state index contributed by atoms with van der Waals surface area (Å²) in [6, 6.07) is 10.1. The third-order valence-electron chi connectivity index (χ3n) is 2.54. The summed E-state index contributed by atoms with van der Waals surface area (Å²) < 4.78 is 11.3. The zero-order valence-corrected chi connectivity index (χ0v) is 12.6. The van der Waals surface area contributed by atoms with E-state index >= 15 is 0 Å². The highest BCUT2D eigenvalue weighted by molar-refractivity contribution is 9.10. The zero-order chi connectivity index (χ0) is 13.0. The summed E-state index contributed by atoms with van der Waals surface area (Å²) in [6.07, 6.45) is -0.202. The van der Waals surface area contributed by atoms with E-state index in [2.05, 4.69) is 33.0 Å². The van der Waals surface area contributed by atoms with Gasteiger partial charge in [-0.1, -0.05) is 18.2 Å². The molecule has 0 bridgehead atoms. The van der Waals surface area contributed by atoms with E-state index in [9.17, 15) is 0 Å². The molecule has 0 unspecified atom stereocenters. The fourth-order valence-electron chi connectivity index (χ4n) is 1.56. The summed E-state index contributed by atoms with van der Waals surface area (Å²) in [6.45, 7) is 0. The first kappa shape index (κ1) is 13.8. The molecule has 0 aliphatic heterocycles. The first-order valence-electron chi connectivity index (χ1n) is 5.48. The summed E-state index contributed by atoms with van der Waals surface area (Å²) in [5, 5.41) is 2.09. The van der Waals surface area contributed by atoms with Crippen molar-refractivity contribution in [2.45, 2.75) is 11.3 Å². The largest absolute Gasteiger partial charge is 0.355 e. The van der Waals surface area contributed by atoms with Crippen molar-refractivity contribution in [3.05, 3.63) is 34.8 Å². The number of hydrogen-bond donors (Lipinski definition) is 0. The Morgan fingerprint density at radius 2 is 2.00 bits per heavy atom. The van der Waals surface area contributed by atoms with Gasteiger partial charge >= 0.3 is 0 Å². The Hall–Kier alpha value is -0.620. The monoisotopic (exact) mass is 327 g/mol. The number of benzene rings is 1. The van der Waals surface area contributed by atoms with E-state index < -0.39 is 0 Å². The molecule has 2 aromatic rings. The Bertz CT molecular complexity index is 531. The van der Waals surface area contributed by atoms with Crippen LogP contribution in [0.3, 0.4) is 0 Å². The van der Waals surface area contributed by atoms with Gasteiger partial charge in [-0.3, -0.25) is 0 Å². The number of pyridine rings is 1. The van der Waals surface area contributed by atoms with Gasteiger partial charge in [-0.25, -0.2) is 4.98 Å². The molecule has 1 aromatic heterocycles. The summed E-state index contributed by atoms with van der Waals surface area (Å²) in [5.41, 5.74) is 0.980. The standard InChI is InChI=1S/C13H14BrNO2S/c1-16-12(17-2)8-18-11-7-6-9-4-3-5-10(14)13(9)15-11/h3-7,12H,8H2,1-2H3. The van der Waals surface area contributed by atoms with Crippen LogP contribution in [-0.4, -0.2) is 31.2 Å². The maximum absolute atomic E-state index is 5.15. The molecule has 0 N–H and O–H groups in total. The van der Waals surface area contributed by atoms with E-state index in [1.165, 1.54) is 0 Å². The number of rotatable bonds is 5. The number of ether oxygens (including phenoxy) is 2. The molecule has 0 atom stereocenters. The van der Waals surface area contributed by atoms with Gasteiger partial charge in [0.05, 0.1) is 16.3 Å². The molecule has 18 heavy (non-hydrogen) atoms. The molecule has 0 aliphatic carbocycles. The normalized spacial score (nSPS) is 11.3. The molecule has 1 heterocycles. The average Bonchev–Trinajstić information content (AvgIpc) is 2.41. The average molecular weight is 328 g/mol. The predicted molar refractivity (Wildman–Crippen MR) is 78.0 cm³/mol. The van der Waals surface area contributed by atoms with Crippen LogP contribution in [0.1, 0.15) is 0 Å². The quantitative estimate of drug-likeness (QED) is 0.618. The van der Waals surface area contributed by atoms with Crippen LogP contribution >= 0.6 is 27.7 Å². The Morgan fingerprint density at radius 3 is 2.72 bits per heavy atom. The number of thioether (sulfide) groups is 1. The highest BCUT2D eigenvalue weighted by Crippen LogP contribution is 2.26. The highest BCUT2D eigenvalue weighted by atomic mass is 79.9. The lowest BCUT2D eigenvalue weighted by Crippen LogP contribution is -2.15. The second kappa shape index (κ2) is 6.52. The minimum Gasteiger partial charge on any atom is -0.355 e.